The monoisotopic (exact) mass is 221 g/mol. The summed E-state index contributed by atoms with van der Waals surface area (Å²) in [6, 6.07) is 5.45. The fraction of sp³-hybridized carbons (Fsp3) is 0.417. The molecular formula is C12H15NO3. The molecule has 1 aromatic carbocycles. The van der Waals surface area contributed by atoms with E-state index in [1.807, 2.05) is 19.1 Å². The lowest BCUT2D eigenvalue weighted by Crippen LogP contribution is -2.09. The molecule has 1 aromatic rings. The number of benzene rings is 1. The van der Waals surface area contributed by atoms with E-state index in [2.05, 4.69) is 5.32 Å². The molecule has 1 aliphatic heterocycles. The zero-order chi connectivity index (χ0) is 11.4. The van der Waals surface area contributed by atoms with Gasteiger partial charge in [-0.05, 0) is 12.1 Å². The molecule has 16 heavy (non-hydrogen) atoms. The molecular weight excluding hydrogens is 206 g/mol. The number of ether oxygens (including phenoxy) is 2. The van der Waals surface area contributed by atoms with E-state index in [1.54, 1.807) is 6.07 Å². The minimum Gasteiger partial charge on any atom is -0.490 e. The van der Waals surface area contributed by atoms with Crippen molar-refractivity contribution >= 4 is 11.6 Å². The van der Waals surface area contributed by atoms with Gasteiger partial charge in [0.2, 0.25) is 5.91 Å². The predicted octanol–water partition coefficient (Wildman–Crippen LogP) is 2.20. The van der Waals surface area contributed by atoms with Gasteiger partial charge in [-0.25, -0.2) is 0 Å². The molecule has 0 atom stereocenters. The third kappa shape index (κ3) is 2.45. The first-order valence-electron chi connectivity index (χ1n) is 5.49. The van der Waals surface area contributed by atoms with Crippen LogP contribution in [0.1, 0.15) is 19.8 Å². The molecule has 1 aliphatic rings. The van der Waals surface area contributed by atoms with Gasteiger partial charge in [0.25, 0.3) is 0 Å². The van der Waals surface area contributed by atoms with Crippen molar-refractivity contribution in [3.8, 4) is 11.5 Å². The van der Waals surface area contributed by atoms with Crippen molar-refractivity contribution in [2.75, 3.05) is 18.5 Å². The summed E-state index contributed by atoms with van der Waals surface area (Å²) in [7, 11) is 0. The highest BCUT2D eigenvalue weighted by Gasteiger charge is 2.11. The SMILES string of the molecule is CCC(=O)Nc1ccc2c(c1)OCCCO2. The number of fused-ring (bicyclic) bond motifs is 1. The summed E-state index contributed by atoms with van der Waals surface area (Å²) in [5, 5.41) is 2.79. The Morgan fingerprint density at radius 2 is 2.06 bits per heavy atom. The van der Waals surface area contributed by atoms with Crippen LogP contribution in [0.15, 0.2) is 18.2 Å². The predicted molar refractivity (Wildman–Crippen MR) is 61.0 cm³/mol. The lowest BCUT2D eigenvalue weighted by atomic mass is 10.2. The van der Waals surface area contributed by atoms with Gasteiger partial charge in [0.05, 0.1) is 13.2 Å². The van der Waals surface area contributed by atoms with Crippen LogP contribution in [0.3, 0.4) is 0 Å². The number of amides is 1. The van der Waals surface area contributed by atoms with Crippen LogP contribution < -0.4 is 14.8 Å². The van der Waals surface area contributed by atoms with Gasteiger partial charge in [0, 0.05) is 24.6 Å². The number of anilines is 1. The maximum Gasteiger partial charge on any atom is 0.224 e. The molecule has 2 rings (SSSR count). The lowest BCUT2D eigenvalue weighted by molar-refractivity contribution is -0.115. The number of carbonyl (C=O) groups excluding carboxylic acids is 1. The first-order chi connectivity index (χ1) is 7.79. The fourth-order valence-corrected chi connectivity index (χ4v) is 1.49. The van der Waals surface area contributed by atoms with E-state index < -0.39 is 0 Å². The second-order valence-electron chi connectivity index (χ2n) is 3.61. The second-order valence-corrected chi connectivity index (χ2v) is 3.61. The molecule has 0 saturated heterocycles. The zero-order valence-electron chi connectivity index (χ0n) is 9.29. The van der Waals surface area contributed by atoms with Gasteiger partial charge >= 0.3 is 0 Å². The fourth-order valence-electron chi connectivity index (χ4n) is 1.49. The van der Waals surface area contributed by atoms with Gasteiger partial charge in [0.15, 0.2) is 11.5 Å². The van der Waals surface area contributed by atoms with E-state index in [1.165, 1.54) is 0 Å². The van der Waals surface area contributed by atoms with Crippen LogP contribution in [0.4, 0.5) is 5.69 Å². The Kier molecular flexibility index (Phi) is 3.29. The highest BCUT2D eigenvalue weighted by molar-refractivity contribution is 5.90. The van der Waals surface area contributed by atoms with Crippen molar-refractivity contribution in [2.24, 2.45) is 0 Å². The minimum atomic E-state index is -0.00510. The maximum absolute atomic E-state index is 11.2. The number of hydrogen-bond acceptors (Lipinski definition) is 3. The number of rotatable bonds is 2. The van der Waals surface area contributed by atoms with Crippen molar-refractivity contribution in [3.05, 3.63) is 18.2 Å². The molecule has 0 spiro atoms. The van der Waals surface area contributed by atoms with Crippen molar-refractivity contribution in [3.63, 3.8) is 0 Å². The molecule has 86 valence electrons. The topological polar surface area (TPSA) is 47.6 Å². The normalized spacial score (nSPS) is 14.1. The highest BCUT2D eigenvalue weighted by Crippen LogP contribution is 2.32. The lowest BCUT2D eigenvalue weighted by Gasteiger charge is -2.09. The van der Waals surface area contributed by atoms with E-state index in [0.717, 1.165) is 17.9 Å². The van der Waals surface area contributed by atoms with Crippen LogP contribution in [0.25, 0.3) is 0 Å². The molecule has 0 aliphatic carbocycles. The Balaban J connectivity index is 2.17. The summed E-state index contributed by atoms with van der Waals surface area (Å²) in [5.74, 6) is 1.44. The standard InChI is InChI=1S/C12H15NO3/c1-2-12(14)13-9-4-5-10-11(8-9)16-7-3-6-15-10/h4-5,8H,2-3,6-7H2,1H3,(H,13,14). The summed E-state index contributed by atoms with van der Waals surface area (Å²) < 4.78 is 11.0. The van der Waals surface area contributed by atoms with Crippen LogP contribution in [-0.4, -0.2) is 19.1 Å². The molecule has 4 heteroatoms. The molecule has 0 saturated carbocycles. The Labute approximate surface area is 94.6 Å². The molecule has 0 radical (unpaired) electrons. The quantitative estimate of drug-likeness (QED) is 0.832. The zero-order valence-corrected chi connectivity index (χ0v) is 9.29. The summed E-state index contributed by atoms with van der Waals surface area (Å²) in [6.45, 7) is 3.14. The smallest absolute Gasteiger partial charge is 0.224 e. The third-order valence-electron chi connectivity index (χ3n) is 2.35. The second kappa shape index (κ2) is 4.88. The van der Waals surface area contributed by atoms with E-state index >= 15 is 0 Å². The molecule has 1 amide bonds. The summed E-state index contributed by atoms with van der Waals surface area (Å²) in [4.78, 5) is 11.2. The van der Waals surface area contributed by atoms with Gasteiger partial charge in [-0.3, -0.25) is 4.79 Å². The molecule has 0 bridgehead atoms. The van der Waals surface area contributed by atoms with Crippen LogP contribution in [-0.2, 0) is 4.79 Å². The van der Waals surface area contributed by atoms with Gasteiger partial charge in [-0.15, -0.1) is 0 Å². The Bertz CT molecular complexity index is 390. The Morgan fingerprint density at radius 3 is 2.81 bits per heavy atom. The van der Waals surface area contributed by atoms with Gasteiger partial charge in [0.1, 0.15) is 0 Å². The van der Waals surface area contributed by atoms with Crippen molar-refractivity contribution in [2.45, 2.75) is 19.8 Å². The van der Waals surface area contributed by atoms with Crippen molar-refractivity contribution < 1.29 is 14.3 Å². The third-order valence-corrected chi connectivity index (χ3v) is 2.35. The van der Waals surface area contributed by atoms with Crippen LogP contribution in [0.5, 0.6) is 11.5 Å². The first-order valence-corrected chi connectivity index (χ1v) is 5.49. The number of nitrogens with one attached hydrogen (secondary N) is 1. The average Bonchev–Trinajstić information content (AvgIpc) is 2.53. The molecule has 1 heterocycles. The Hall–Kier alpha value is -1.71. The van der Waals surface area contributed by atoms with Crippen molar-refractivity contribution in [1.29, 1.82) is 0 Å². The van der Waals surface area contributed by atoms with E-state index in [4.69, 9.17) is 9.47 Å². The van der Waals surface area contributed by atoms with Gasteiger partial charge in [-0.1, -0.05) is 6.92 Å². The average molecular weight is 221 g/mol. The molecule has 1 N–H and O–H groups in total. The number of carbonyl (C=O) groups is 1. The van der Waals surface area contributed by atoms with Crippen LogP contribution in [0, 0.1) is 0 Å². The van der Waals surface area contributed by atoms with E-state index in [0.29, 0.717) is 25.4 Å². The minimum absolute atomic E-state index is 0.00510. The maximum atomic E-state index is 11.2. The van der Waals surface area contributed by atoms with Gasteiger partial charge in [-0.2, -0.15) is 0 Å². The summed E-state index contributed by atoms with van der Waals surface area (Å²) in [5.41, 5.74) is 0.746. The molecule has 0 aromatic heterocycles. The van der Waals surface area contributed by atoms with Crippen LogP contribution in [0.2, 0.25) is 0 Å². The van der Waals surface area contributed by atoms with E-state index in [9.17, 15) is 4.79 Å². The van der Waals surface area contributed by atoms with Crippen molar-refractivity contribution in [1.82, 2.24) is 0 Å². The largest absolute Gasteiger partial charge is 0.490 e. The van der Waals surface area contributed by atoms with Crippen LogP contribution >= 0.6 is 0 Å². The van der Waals surface area contributed by atoms with Gasteiger partial charge < -0.3 is 14.8 Å². The highest BCUT2D eigenvalue weighted by atomic mass is 16.5. The summed E-state index contributed by atoms with van der Waals surface area (Å²) in [6.07, 6.45) is 1.35. The molecule has 0 fully saturated rings. The molecule has 0 unspecified atom stereocenters. The number of hydrogen-bond donors (Lipinski definition) is 1. The summed E-state index contributed by atoms with van der Waals surface area (Å²) >= 11 is 0. The Morgan fingerprint density at radius 1 is 1.31 bits per heavy atom. The molecule has 4 nitrogen and oxygen atoms in total. The van der Waals surface area contributed by atoms with E-state index in [-0.39, 0.29) is 5.91 Å². The first kappa shape index (κ1) is 10.8.